The Morgan fingerprint density at radius 2 is 1.97 bits per heavy atom. The van der Waals surface area contributed by atoms with E-state index < -0.39 is 29.2 Å². The van der Waals surface area contributed by atoms with Crippen LogP contribution in [-0.2, 0) is 22.7 Å². The summed E-state index contributed by atoms with van der Waals surface area (Å²) in [5, 5.41) is 13.9. The van der Waals surface area contributed by atoms with Gasteiger partial charge in [-0.15, -0.1) is 12.4 Å². The van der Waals surface area contributed by atoms with Gasteiger partial charge in [0.2, 0.25) is 12.2 Å². The minimum absolute atomic E-state index is 0. The van der Waals surface area contributed by atoms with Gasteiger partial charge in [-0.2, -0.15) is 4.98 Å². The Labute approximate surface area is 205 Å². The number of nitrogen functional groups attached to an aromatic ring is 1. The third-order valence-corrected chi connectivity index (χ3v) is 4.72. The lowest BCUT2D eigenvalue weighted by atomic mass is 10.1. The monoisotopic (exact) mass is 511 g/mol. The highest BCUT2D eigenvalue weighted by molar-refractivity contribution is 5.95. The SMILES string of the molecule is CCOC(C(=O)NCc1ccc(C(=N)N)cc1OCc1ncon1)c1c(F)cc(OC)cc1F.Cl. The van der Waals surface area contributed by atoms with Gasteiger partial charge >= 0.3 is 0 Å². The van der Waals surface area contributed by atoms with Crippen molar-refractivity contribution >= 4 is 24.1 Å². The quantitative estimate of drug-likeness (QED) is 0.263. The van der Waals surface area contributed by atoms with Crippen LogP contribution in [0.1, 0.15) is 35.5 Å². The Kier molecular flexibility index (Phi) is 9.91. The zero-order chi connectivity index (χ0) is 24.7. The van der Waals surface area contributed by atoms with E-state index in [0.717, 1.165) is 18.5 Å². The molecule has 0 aliphatic rings. The van der Waals surface area contributed by atoms with Crippen molar-refractivity contribution in [3.8, 4) is 11.5 Å². The fourth-order valence-corrected chi connectivity index (χ4v) is 3.06. The number of aromatic nitrogens is 2. The average Bonchev–Trinajstić information content (AvgIpc) is 3.34. The molecule has 0 saturated carbocycles. The number of amides is 1. The topological polar surface area (TPSA) is 146 Å². The third-order valence-electron chi connectivity index (χ3n) is 4.72. The lowest BCUT2D eigenvalue weighted by molar-refractivity contribution is -0.133. The van der Waals surface area contributed by atoms with Crippen LogP contribution in [0.25, 0.3) is 0 Å². The van der Waals surface area contributed by atoms with Crippen LogP contribution in [0.3, 0.4) is 0 Å². The summed E-state index contributed by atoms with van der Waals surface area (Å²) in [6.45, 7) is 1.53. The molecule has 2 aromatic carbocycles. The van der Waals surface area contributed by atoms with Gasteiger partial charge in [-0.3, -0.25) is 10.2 Å². The predicted molar refractivity (Wildman–Crippen MR) is 122 cm³/mol. The van der Waals surface area contributed by atoms with Gasteiger partial charge in [0.25, 0.3) is 5.91 Å². The molecule has 0 aliphatic carbocycles. The van der Waals surface area contributed by atoms with Crippen LogP contribution >= 0.6 is 12.4 Å². The van der Waals surface area contributed by atoms with E-state index in [1.165, 1.54) is 13.2 Å². The standard InChI is InChI=1S/C22H23F2N5O5.ClH/c1-3-32-20(19-15(23)7-14(31-2)8-16(19)24)22(30)27-9-13-5-4-12(21(25)26)6-17(13)33-10-18-28-11-34-29-18;/h4-8,11,20H,3,9-10H2,1-2H3,(H3,25,26)(H,27,30);1H. The number of benzene rings is 2. The first-order chi connectivity index (χ1) is 16.3. The summed E-state index contributed by atoms with van der Waals surface area (Å²) in [5.41, 5.74) is 5.93. The van der Waals surface area contributed by atoms with E-state index in [-0.39, 0.29) is 49.6 Å². The van der Waals surface area contributed by atoms with Gasteiger partial charge in [0.15, 0.2) is 12.7 Å². The van der Waals surface area contributed by atoms with Crippen LogP contribution in [0, 0.1) is 17.0 Å². The Bertz CT molecular complexity index is 1140. The number of nitrogens with one attached hydrogen (secondary N) is 2. The first kappa shape index (κ1) is 27.5. The van der Waals surface area contributed by atoms with Crippen molar-refractivity contribution in [2.75, 3.05) is 13.7 Å². The molecule has 4 N–H and O–H groups in total. The molecule has 13 heteroatoms. The normalized spacial score (nSPS) is 11.3. The molecule has 0 aliphatic heterocycles. The largest absolute Gasteiger partial charge is 0.497 e. The van der Waals surface area contributed by atoms with Crippen LogP contribution in [0.5, 0.6) is 11.5 Å². The number of amidine groups is 1. The minimum Gasteiger partial charge on any atom is -0.497 e. The second-order valence-corrected chi connectivity index (χ2v) is 6.93. The van der Waals surface area contributed by atoms with Crippen molar-refractivity contribution in [2.45, 2.75) is 26.2 Å². The van der Waals surface area contributed by atoms with Gasteiger partial charge in [0, 0.05) is 36.4 Å². The van der Waals surface area contributed by atoms with Crippen molar-refractivity contribution in [3.63, 3.8) is 0 Å². The number of nitrogens with two attached hydrogens (primary N) is 1. The predicted octanol–water partition coefficient (Wildman–Crippen LogP) is 3.04. The Balaban J connectivity index is 0.00000432. The molecule has 0 fully saturated rings. The molecule has 1 amide bonds. The molecule has 0 spiro atoms. The van der Waals surface area contributed by atoms with Crippen LogP contribution in [0.15, 0.2) is 41.2 Å². The molecule has 1 heterocycles. The Hall–Kier alpha value is -3.77. The van der Waals surface area contributed by atoms with E-state index in [4.69, 9.17) is 25.4 Å². The third kappa shape index (κ3) is 6.87. The minimum atomic E-state index is -1.53. The van der Waals surface area contributed by atoms with Gasteiger partial charge in [0.05, 0.1) is 12.7 Å². The number of carbonyl (C=O) groups is 1. The number of ether oxygens (including phenoxy) is 3. The number of hydrogen-bond acceptors (Lipinski definition) is 8. The fraction of sp³-hybridized carbons (Fsp3) is 0.273. The number of rotatable bonds is 11. The van der Waals surface area contributed by atoms with Gasteiger partial charge in [0.1, 0.15) is 29.0 Å². The van der Waals surface area contributed by atoms with Crippen molar-refractivity contribution in [1.82, 2.24) is 15.5 Å². The van der Waals surface area contributed by atoms with Crippen LogP contribution in [0.4, 0.5) is 8.78 Å². The molecule has 3 rings (SSSR count). The van der Waals surface area contributed by atoms with E-state index in [1.807, 2.05) is 0 Å². The summed E-state index contributed by atoms with van der Waals surface area (Å²) in [4.78, 5) is 16.7. The molecule has 1 atom stereocenters. The summed E-state index contributed by atoms with van der Waals surface area (Å²) < 4.78 is 49.7. The molecule has 0 bridgehead atoms. The lowest BCUT2D eigenvalue weighted by Gasteiger charge is -2.20. The molecule has 1 aromatic heterocycles. The summed E-state index contributed by atoms with van der Waals surface area (Å²) in [7, 11) is 1.27. The molecule has 0 saturated heterocycles. The van der Waals surface area contributed by atoms with E-state index in [0.29, 0.717) is 16.9 Å². The molecule has 10 nitrogen and oxygen atoms in total. The van der Waals surface area contributed by atoms with Gasteiger partial charge in [-0.05, 0) is 13.0 Å². The molecule has 1 unspecified atom stereocenters. The summed E-state index contributed by atoms with van der Waals surface area (Å²) >= 11 is 0. The lowest BCUT2D eigenvalue weighted by Crippen LogP contribution is -2.32. The maximum atomic E-state index is 14.6. The molecule has 0 radical (unpaired) electrons. The van der Waals surface area contributed by atoms with Crippen LogP contribution < -0.4 is 20.5 Å². The first-order valence-corrected chi connectivity index (χ1v) is 10.1. The number of carbonyl (C=O) groups excluding carboxylic acids is 1. The highest BCUT2D eigenvalue weighted by Crippen LogP contribution is 2.29. The maximum Gasteiger partial charge on any atom is 0.254 e. The van der Waals surface area contributed by atoms with Crippen molar-refractivity contribution in [2.24, 2.45) is 5.73 Å². The number of hydrogen-bond donors (Lipinski definition) is 3. The number of nitrogens with zero attached hydrogens (tertiary/aromatic N) is 2. The zero-order valence-corrected chi connectivity index (χ0v) is 19.7. The molecule has 35 heavy (non-hydrogen) atoms. The van der Waals surface area contributed by atoms with Crippen LogP contribution in [-0.4, -0.2) is 35.6 Å². The second-order valence-electron chi connectivity index (χ2n) is 6.93. The molecule has 3 aromatic rings. The molecular formula is C22H24ClF2N5O5. The Morgan fingerprint density at radius 3 is 2.54 bits per heavy atom. The zero-order valence-electron chi connectivity index (χ0n) is 18.8. The van der Waals surface area contributed by atoms with Crippen molar-refractivity contribution in [1.29, 1.82) is 5.41 Å². The van der Waals surface area contributed by atoms with E-state index in [2.05, 4.69) is 20.0 Å². The second kappa shape index (κ2) is 12.6. The molecule has 188 valence electrons. The number of methoxy groups -OCH3 is 1. The number of halogens is 3. The van der Waals surface area contributed by atoms with Gasteiger partial charge in [-0.1, -0.05) is 17.3 Å². The van der Waals surface area contributed by atoms with E-state index in [1.54, 1.807) is 19.1 Å². The van der Waals surface area contributed by atoms with Crippen molar-refractivity contribution < 1.29 is 32.3 Å². The summed E-state index contributed by atoms with van der Waals surface area (Å²) in [5.74, 6) is -2.33. The summed E-state index contributed by atoms with van der Waals surface area (Å²) in [6, 6.07) is 6.65. The summed E-state index contributed by atoms with van der Waals surface area (Å²) in [6.07, 6.45) is -0.381. The highest BCUT2D eigenvalue weighted by atomic mass is 35.5. The van der Waals surface area contributed by atoms with E-state index >= 15 is 0 Å². The van der Waals surface area contributed by atoms with Crippen LogP contribution in [0.2, 0.25) is 0 Å². The van der Waals surface area contributed by atoms with E-state index in [9.17, 15) is 13.6 Å². The molecular weight excluding hydrogens is 488 g/mol. The Morgan fingerprint density at radius 1 is 1.26 bits per heavy atom. The highest BCUT2D eigenvalue weighted by Gasteiger charge is 2.28. The first-order valence-electron chi connectivity index (χ1n) is 10.1. The van der Waals surface area contributed by atoms with Gasteiger partial charge in [-0.25, -0.2) is 8.78 Å². The smallest absolute Gasteiger partial charge is 0.254 e. The average molecular weight is 512 g/mol. The maximum absolute atomic E-state index is 14.6. The van der Waals surface area contributed by atoms with Gasteiger partial charge < -0.3 is 29.8 Å². The van der Waals surface area contributed by atoms with Crippen molar-refractivity contribution in [3.05, 3.63) is 70.9 Å². The fourth-order valence-electron chi connectivity index (χ4n) is 3.06.